The molecule has 106 valence electrons. The molecule has 1 aliphatic rings. The van der Waals surface area contributed by atoms with Gasteiger partial charge in [0.15, 0.2) is 11.7 Å². The SMILES string of the molecule is Cc1ccc(-c2cnc(CCCNC3CC3)o2)cc1F. The summed E-state index contributed by atoms with van der Waals surface area (Å²) in [4.78, 5) is 4.26. The van der Waals surface area contributed by atoms with Gasteiger partial charge in [0.2, 0.25) is 0 Å². The Morgan fingerprint density at radius 2 is 2.25 bits per heavy atom. The van der Waals surface area contributed by atoms with E-state index in [2.05, 4.69) is 10.3 Å². The first-order valence-corrected chi connectivity index (χ1v) is 7.17. The van der Waals surface area contributed by atoms with Crippen molar-refractivity contribution in [3.05, 3.63) is 41.7 Å². The fraction of sp³-hybridized carbons (Fsp3) is 0.438. The summed E-state index contributed by atoms with van der Waals surface area (Å²) >= 11 is 0. The maximum atomic E-state index is 13.5. The number of halogens is 1. The van der Waals surface area contributed by atoms with E-state index in [-0.39, 0.29) is 5.82 Å². The summed E-state index contributed by atoms with van der Waals surface area (Å²) in [6.45, 7) is 2.75. The van der Waals surface area contributed by atoms with Crippen molar-refractivity contribution in [1.29, 1.82) is 0 Å². The predicted octanol–water partition coefficient (Wildman–Crippen LogP) is 3.47. The van der Waals surface area contributed by atoms with Gasteiger partial charge in [-0.25, -0.2) is 9.37 Å². The van der Waals surface area contributed by atoms with E-state index in [1.807, 2.05) is 6.07 Å². The minimum Gasteiger partial charge on any atom is -0.441 e. The third kappa shape index (κ3) is 3.25. The van der Waals surface area contributed by atoms with E-state index in [1.54, 1.807) is 19.2 Å². The maximum absolute atomic E-state index is 13.5. The highest BCUT2D eigenvalue weighted by Gasteiger charge is 2.19. The first kappa shape index (κ1) is 13.3. The number of oxazole rings is 1. The molecule has 0 atom stereocenters. The van der Waals surface area contributed by atoms with Gasteiger partial charge in [-0.15, -0.1) is 0 Å². The normalized spacial score (nSPS) is 14.7. The Labute approximate surface area is 118 Å². The first-order valence-electron chi connectivity index (χ1n) is 7.17. The monoisotopic (exact) mass is 274 g/mol. The number of hydrogen-bond acceptors (Lipinski definition) is 3. The predicted molar refractivity (Wildman–Crippen MR) is 76.0 cm³/mol. The molecule has 1 aromatic heterocycles. The van der Waals surface area contributed by atoms with Gasteiger partial charge >= 0.3 is 0 Å². The number of hydrogen-bond donors (Lipinski definition) is 1. The molecule has 0 saturated heterocycles. The summed E-state index contributed by atoms with van der Waals surface area (Å²) in [5.74, 6) is 1.14. The van der Waals surface area contributed by atoms with Crippen LogP contribution in [0.1, 0.15) is 30.7 Å². The van der Waals surface area contributed by atoms with E-state index in [4.69, 9.17) is 4.42 Å². The van der Waals surface area contributed by atoms with Crippen LogP contribution >= 0.6 is 0 Å². The second-order valence-corrected chi connectivity index (χ2v) is 5.41. The highest BCUT2D eigenvalue weighted by Crippen LogP contribution is 2.23. The average molecular weight is 274 g/mol. The molecule has 1 aromatic carbocycles. The van der Waals surface area contributed by atoms with Crippen molar-refractivity contribution >= 4 is 0 Å². The zero-order valence-corrected chi connectivity index (χ0v) is 11.7. The summed E-state index contributed by atoms with van der Waals surface area (Å²) in [5, 5.41) is 3.46. The summed E-state index contributed by atoms with van der Waals surface area (Å²) < 4.78 is 19.2. The van der Waals surface area contributed by atoms with E-state index in [1.165, 1.54) is 18.9 Å². The number of benzene rings is 1. The fourth-order valence-corrected chi connectivity index (χ4v) is 2.14. The molecule has 1 saturated carbocycles. The van der Waals surface area contributed by atoms with Gasteiger partial charge in [-0.3, -0.25) is 0 Å². The number of rotatable bonds is 6. The third-order valence-corrected chi connectivity index (χ3v) is 3.59. The van der Waals surface area contributed by atoms with Crippen LogP contribution in [0, 0.1) is 12.7 Å². The van der Waals surface area contributed by atoms with Crippen LogP contribution < -0.4 is 5.32 Å². The van der Waals surface area contributed by atoms with E-state index >= 15 is 0 Å². The van der Waals surface area contributed by atoms with Crippen molar-refractivity contribution < 1.29 is 8.81 Å². The second-order valence-electron chi connectivity index (χ2n) is 5.41. The molecule has 0 amide bonds. The number of nitrogens with zero attached hydrogens (tertiary/aromatic N) is 1. The van der Waals surface area contributed by atoms with Gasteiger partial charge < -0.3 is 9.73 Å². The molecule has 1 N–H and O–H groups in total. The van der Waals surface area contributed by atoms with E-state index in [0.29, 0.717) is 11.3 Å². The molecule has 3 nitrogen and oxygen atoms in total. The number of aromatic nitrogens is 1. The molecule has 0 bridgehead atoms. The molecule has 3 rings (SSSR count). The molecule has 0 unspecified atom stereocenters. The summed E-state index contributed by atoms with van der Waals surface area (Å²) in [6.07, 6.45) is 6.12. The molecular weight excluding hydrogens is 255 g/mol. The lowest BCUT2D eigenvalue weighted by atomic mass is 10.1. The largest absolute Gasteiger partial charge is 0.441 e. The Hall–Kier alpha value is -1.68. The lowest BCUT2D eigenvalue weighted by molar-refractivity contribution is 0.491. The lowest BCUT2D eigenvalue weighted by Gasteiger charge is -2.01. The molecular formula is C16H19FN2O. The maximum Gasteiger partial charge on any atom is 0.194 e. The summed E-state index contributed by atoms with van der Waals surface area (Å²) in [5.41, 5.74) is 1.38. The first-order chi connectivity index (χ1) is 9.72. The van der Waals surface area contributed by atoms with Crippen molar-refractivity contribution in [3.8, 4) is 11.3 Å². The Kier molecular flexibility index (Phi) is 3.83. The van der Waals surface area contributed by atoms with Crippen LogP contribution in [0.15, 0.2) is 28.8 Å². The quantitative estimate of drug-likeness (QED) is 0.820. The Morgan fingerprint density at radius 3 is 3.00 bits per heavy atom. The molecule has 1 fully saturated rings. The molecule has 1 aliphatic carbocycles. The van der Waals surface area contributed by atoms with Crippen molar-refractivity contribution in [2.24, 2.45) is 0 Å². The molecule has 2 aromatic rings. The van der Waals surface area contributed by atoms with Crippen LogP contribution in [0.3, 0.4) is 0 Å². The molecule has 20 heavy (non-hydrogen) atoms. The minimum absolute atomic E-state index is 0.214. The highest BCUT2D eigenvalue weighted by molar-refractivity contribution is 5.56. The van der Waals surface area contributed by atoms with Gasteiger partial charge in [0.05, 0.1) is 6.20 Å². The van der Waals surface area contributed by atoms with E-state index < -0.39 is 0 Å². The van der Waals surface area contributed by atoms with Gasteiger partial charge in [0.1, 0.15) is 5.82 Å². The summed E-state index contributed by atoms with van der Waals surface area (Å²) in [6, 6.07) is 5.85. The van der Waals surface area contributed by atoms with Crippen molar-refractivity contribution in [2.75, 3.05) is 6.54 Å². The number of nitrogens with one attached hydrogen (secondary N) is 1. The standard InChI is InChI=1S/C16H19FN2O/c1-11-4-5-12(9-14(11)17)15-10-19-16(20-15)3-2-8-18-13-6-7-13/h4-5,9-10,13,18H,2-3,6-8H2,1H3. The highest BCUT2D eigenvalue weighted by atomic mass is 19.1. The van der Waals surface area contributed by atoms with Gasteiger partial charge in [-0.2, -0.15) is 0 Å². The van der Waals surface area contributed by atoms with E-state index in [9.17, 15) is 4.39 Å². The van der Waals surface area contributed by atoms with Crippen LogP contribution in [0.5, 0.6) is 0 Å². The van der Waals surface area contributed by atoms with Crippen molar-refractivity contribution in [2.45, 2.75) is 38.6 Å². The van der Waals surface area contributed by atoms with Gasteiger partial charge in [0.25, 0.3) is 0 Å². The molecule has 1 heterocycles. The molecule has 4 heteroatoms. The van der Waals surface area contributed by atoms with Crippen LogP contribution in [-0.4, -0.2) is 17.6 Å². The van der Waals surface area contributed by atoms with Gasteiger partial charge in [-0.1, -0.05) is 12.1 Å². The summed E-state index contributed by atoms with van der Waals surface area (Å²) in [7, 11) is 0. The second kappa shape index (κ2) is 5.75. The third-order valence-electron chi connectivity index (χ3n) is 3.59. The van der Waals surface area contributed by atoms with Crippen molar-refractivity contribution in [1.82, 2.24) is 10.3 Å². The van der Waals surface area contributed by atoms with Crippen LogP contribution in [-0.2, 0) is 6.42 Å². The van der Waals surface area contributed by atoms with Crippen LogP contribution in [0.25, 0.3) is 11.3 Å². The van der Waals surface area contributed by atoms with Gasteiger partial charge in [0, 0.05) is 18.0 Å². The Balaban J connectivity index is 1.58. The lowest BCUT2D eigenvalue weighted by Crippen LogP contribution is -2.17. The minimum atomic E-state index is -0.214. The van der Waals surface area contributed by atoms with Crippen LogP contribution in [0.4, 0.5) is 4.39 Å². The fourth-order valence-electron chi connectivity index (χ4n) is 2.14. The Bertz CT molecular complexity index is 590. The zero-order chi connectivity index (χ0) is 13.9. The van der Waals surface area contributed by atoms with Crippen LogP contribution in [0.2, 0.25) is 0 Å². The molecule has 0 radical (unpaired) electrons. The molecule has 0 spiro atoms. The van der Waals surface area contributed by atoms with Crippen molar-refractivity contribution in [3.63, 3.8) is 0 Å². The van der Waals surface area contributed by atoms with Gasteiger partial charge in [-0.05, 0) is 44.4 Å². The topological polar surface area (TPSA) is 38.1 Å². The van der Waals surface area contributed by atoms with E-state index in [0.717, 1.165) is 36.9 Å². The molecule has 0 aliphatic heterocycles. The Morgan fingerprint density at radius 1 is 1.40 bits per heavy atom. The zero-order valence-electron chi connectivity index (χ0n) is 11.7. The average Bonchev–Trinajstić information content (AvgIpc) is 3.15. The number of aryl methyl sites for hydroxylation is 2. The smallest absolute Gasteiger partial charge is 0.194 e.